The van der Waals surface area contributed by atoms with Crippen molar-refractivity contribution < 1.29 is 13.6 Å². The minimum absolute atomic E-state index is 0.0976. The van der Waals surface area contributed by atoms with Gasteiger partial charge in [-0.25, -0.2) is 9.37 Å². The van der Waals surface area contributed by atoms with Gasteiger partial charge in [-0.05, 0) is 62.9 Å². The van der Waals surface area contributed by atoms with E-state index < -0.39 is 0 Å². The van der Waals surface area contributed by atoms with Gasteiger partial charge < -0.3 is 14.6 Å². The Kier molecular flexibility index (Phi) is 4.21. The van der Waals surface area contributed by atoms with Crippen molar-refractivity contribution >= 4 is 17.0 Å². The zero-order valence-corrected chi connectivity index (χ0v) is 16.7. The number of piperazine rings is 1. The molecule has 2 fully saturated rings. The number of rotatable bonds is 3. The summed E-state index contributed by atoms with van der Waals surface area (Å²) in [6, 6.07) is 10.1. The molecule has 0 bridgehead atoms. The highest BCUT2D eigenvalue weighted by atomic mass is 19.1. The maximum Gasteiger partial charge on any atom is 0.290 e. The van der Waals surface area contributed by atoms with Crippen LogP contribution in [0.15, 0.2) is 40.8 Å². The zero-order valence-electron chi connectivity index (χ0n) is 16.7. The molecule has 1 saturated carbocycles. The van der Waals surface area contributed by atoms with E-state index in [1.54, 1.807) is 18.2 Å². The number of benzene rings is 1. The average Bonchev–Trinajstić information content (AvgIpc) is 3.45. The predicted molar refractivity (Wildman–Crippen MR) is 109 cm³/mol. The lowest BCUT2D eigenvalue weighted by Gasteiger charge is -2.42. The van der Waals surface area contributed by atoms with Crippen LogP contribution < -0.4 is 5.32 Å². The van der Waals surface area contributed by atoms with E-state index in [1.807, 2.05) is 11.0 Å². The number of fused-ring (bicyclic) bond motifs is 1. The van der Waals surface area contributed by atoms with E-state index in [0.29, 0.717) is 29.3 Å². The smallest absolute Gasteiger partial charge is 0.290 e. The van der Waals surface area contributed by atoms with E-state index in [2.05, 4.69) is 19.2 Å². The molecule has 5 nitrogen and oxygen atoms in total. The standard InChI is InChI=1S/C23H24FN3O2/c1-23(2)13-25-9-10-27(23)22(28)20-12-19-21(29-20)17(14-3-4-14)11-18(26-19)15-5-7-16(24)8-6-15/h5-8,11-12,14,25H,3-4,9-10,13H2,1-2H3. The number of halogens is 1. The molecule has 1 aliphatic carbocycles. The first-order valence-corrected chi connectivity index (χ1v) is 10.2. The van der Waals surface area contributed by atoms with Crippen LogP contribution >= 0.6 is 0 Å². The molecule has 3 aromatic rings. The molecule has 1 aromatic carbocycles. The number of furan rings is 1. The second kappa shape index (κ2) is 6.66. The molecule has 6 heteroatoms. The third kappa shape index (κ3) is 3.31. The Bertz CT molecular complexity index is 1080. The first-order chi connectivity index (χ1) is 13.9. The van der Waals surface area contributed by atoms with Crippen molar-refractivity contribution in [2.24, 2.45) is 0 Å². The molecule has 1 aliphatic heterocycles. The van der Waals surface area contributed by atoms with Gasteiger partial charge in [0.15, 0.2) is 11.3 Å². The van der Waals surface area contributed by atoms with E-state index in [9.17, 15) is 9.18 Å². The van der Waals surface area contributed by atoms with Gasteiger partial charge in [0.05, 0.1) is 11.2 Å². The van der Waals surface area contributed by atoms with Crippen LogP contribution in [0, 0.1) is 5.82 Å². The molecule has 1 saturated heterocycles. The molecule has 150 valence electrons. The number of nitrogens with one attached hydrogen (secondary N) is 1. The van der Waals surface area contributed by atoms with E-state index in [1.165, 1.54) is 12.1 Å². The van der Waals surface area contributed by atoms with Crippen molar-refractivity contribution in [2.45, 2.75) is 38.1 Å². The summed E-state index contributed by atoms with van der Waals surface area (Å²) in [5.74, 6) is 0.400. The fourth-order valence-corrected chi connectivity index (χ4v) is 4.11. The van der Waals surface area contributed by atoms with E-state index >= 15 is 0 Å². The number of hydrogen-bond acceptors (Lipinski definition) is 4. The third-order valence-electron chi connectivity index (χ3n) is 5.92. The van der Waals surface area contributed by atoms with Crippen LogP contribution in [0.4, 0.5) is 4.39 Å². The van der Waals surface area contributed by atoms with E-state index in [-0.39, 0.29) is 17.3 Å². The summed E-state index contributed by atoms with van der Waals surface area (Å²) < 4.78 is 19.4. The van der Waals surface area contributed by atoms with Crippen LogP contribution in [0.3, 0.4) is 0 Å². The monoisotopic (exact) mass is 393 g/mol. The van der Waals surface area contributed by atoms with Crippen molar-refractivity contribution in [3.05, 3.63) is 53.5 Å². The van der Waals surface area contributed by atoms with Crippen LogP contribution in [0.2, 0.25) is 0 Å². The Hall–Kier alpha value is -2.73. The Labute approximate surface area is 168 Å². The van der Waals surface area contributed by atoms with Crippen molar-refractivity contribution in [3.63, 3.8) is 0 Å². The largest absolute Gasteiger partial charge is 0.449 e. The number of amides is 1. The number of carbonyl (C=O) groups is 1. The summed E-state index contributed by atoms with van der Waals surface area (Å²) in [6.07, 6.45) is 2.22. The second-order valence-corrected chi connectivity index (χ2v) is 8.65. The highest BCUT2D eigenvalue weighted by Gasteiger charge is 2.36. The van der Waals surface area contributed by atoms with Gasteiger partial charge in [0, 0.05) is 36.8 Å². The first-order valence-electron chi connectivity index (χ1n) is 10.2. The minimum atomic E-state index is -0.277. The van der Waals surface area contributed by atoms with E-state index in [4.69, 9.17) is 9.40 Å². The topological polar surface area (TPSA) is 58.4 Å². The summed E-state index contributed by atoms with van der Waals surface area (Å²) in [5, 5.41) is 3.34. The van der Waals surface area contributed by atoms with Crippen molar-refractivity contribution in [2.75, 3.05) is 19.6 Å². The molecule has 0 atom stereocenters. The van der Waals surface area contributed by atoms with Gasteiger partial charge in [-0.15, -0.1) is 0 Å². The first kappa shape index (κ1) is 18.3. The predicted octanol–water partition coefficient (Wildman–Crippen LogP) is 4.34. The van der Waals surface area contributed by atoms with Gasteiger partial charge in [-0.2, -0.15) is 0 Å². The summed E-state index contributed by atoms with van der Waals surface area (Å²) in [7, 11) is 0. The lowest BCUT2D eigenvalue weighted by molar-refractivity contribution is 0.0448. The second-order valence-electron chi connectivity index (χ2n) is 8.65. The van der Waals surface area contributed by atoms with Gasteiger partial charge >= 0.3 is 0 Å². The van der Waals surface area contributed by atoms with Crippen molar-refractivity contribution in [1.82, 2.24) is 15.2 Å². The molecule has 0 radical (unpaired) electrons. The Morgan fingerprint density at radius 3 is 2.69 bits per heavy atom. The fraction of sp³-hybridized carbons (Fsp3) is 0.391. The lowest BCUT2D eigenvalue weighted by atomic mass is 10.00. The van der Waals surface area contributed by atoms with Gasteiger partial charge in [0.25, 0.3) is 5.91 Å². The average molecular weight is 393 g/mol. The molecule has 2 aliphatic rings. The number of pyridine rings is 1. The Balaban J connectivity index is 1.58. The van der Waals surface area contributed by atoms with Crippen LogP contribution in [0.25, 0.3) is 22.4 Å². The van der Waals surface area contributed by atoms with Crippen LogP contribution in [0.1, 0.15) is 48.7 Å². The molecule has 29 heavy (non-hydrogen) atoms. The summed E-state index contributed by atoms with van der Waals surface area (Å²) in [5.41, 5.74) is 3.84. The molecule has 2 aromatic heterocycles. The Morgan fingerprint density at radius 2 is 2.00 bits per heavy atom. The molecule has 5 rings (SSSR count). The molecule has 1 N–H and O–H groups in total. The molecule has 0 unspecified atom stereocenters. The molecule has 0 spiro atoms. The SMILES string of the molecule is CC1(C)CNCCN1C(=O)c1cc2nc(-c3ccc(F)cc3)cc(C3CC3)c2o1. The van der Waals surface area contributed by atoms with Crippen LogP contribution in [0.5, 0.6) is 0 Å². The van der Waals surface area contributed by atoms with Gasteiger partial charge in [-0.1, -0.05) is 0 Å². The highest BCUT2D eigenvalue weighted by Crippen LogP contribution is 2.44. The molecule has 1 amide bonds. The summed E-state index contributed by atoms with van der Waals surface area (Å²) >= 11 is 0. The maximum atomic E-state index is 13.3. The highest BCUT2D eigenvalue weighted by molar-refractivity contribution is 5.97. The summed E-state index contributed by atoms with van der Waals surface area (Å²) in [4.78, 5) is 19.8. The number of nitrogens with zero attached hydrogens (tertiary/aromatic N) is 2. The lowest BCUT2D eigenvalue weighted by Crippen LogP contribution is -2.59. The van der Waals surface area contributed by atoms with Crippen molar-refractivity contribution in [3.8, 4) is 11.3 Å². The fourth-order valence-electron chi connectivity index (χ4n) is 4.11. The molecule has 3 heterocycles. The normalized spacial score (nSPS) is 18.9. The maximum absolute atomic E-state index is 13.3. The number of carbonyl (C=O) groups excluding carboxylic acids is 1. The quantitative estimate of drug-likeness (QED) is 0.719. The molecular formula is C23H24FN3O2. The number of hydrogen-bond donors (Lipinski definition) is 1. The van der Waals surface area contributed by atoms with Crippen LogP contribution in [-0.2, 0) is 0 Å². The molecular weight excluding hydrogens is 369 g/mol. The zero-order chi connectivity index (χ0) is 20.2. The third-order valence-corrected chi connectivity index (χ3v) is 5.92. The number of aromatic nitrogens is 1. The van der Waals surface area contributed by atoms with Crippen molar-refractivity contribution in [1.29, 1.82) is 0 Å². The van der Waals surface area contributed by atoms with Gasteiger partial charge in [0.2, 0.25) is 0 Å². The minimum Gasteiger partial charge on any atom is -0.449 e. The van der Waals surface area contributed by atoms with Gasteiger partial charge in [-0.3, -0.25) is 4.79 Å². The Morgan fingerprint density at radius 1 is 1.24 bits per heavy atom. The van der Waals surface area contributed by atoms with E-state index in [0.717, 1.165) is 42.8 Å². The van der Waals surface area contributed by atoms with Crippen LogP contribution in [-0.4, -0.2) is 41.0 Å². The van der Waals surface area contributed by atoms with Gasteiger partial charge in [0.1, 0.15) is 11.3 Å². The summed E-state index contributed by atoms with van der Waals surface area (Å²) in [6.45, 7) is 6.28.